The lowest BCUT2D eigenvalue weighted by Crippen LogP contribution is -2.26. The van der Waals surface area contributed by atoms with Crippen molar-refractivity contribution in [1.82, 2.24) is 4.57 Å². The van der Waals surface area contributed by atoms with E-state index >= 15 is 0 Å². The molecular weight excluding hydrogens is 763 g/mol. The molecule has 11 aromatic rings. The van der Waals surface area contributed by atoms with Crippen molar-refractivity contribution in [2.45, 2.75) is 5.41 Å². The number of nitrogens with zero attached hydrogens (tertiary/aromatic N) is 3. The number of hydrogen-bond donors (Lipinski definition) is 0. The van der Waals surface area contributed by atoms with Gasteiger partial charge in [-0.05, 0) is 123 Å². The average molecular weight is 804 g/mol. The van der Waals surface area contributed by atoms with Gasteiger partial charge < -0.3 is 14.4 Å². The van der Waals surface area contributed by atoms with Crippen molar-refractivity contribution in [1.29, 1.82) is 0 Å². The zero-order valence-corrected chi connectivity index (χ0v) is 34.8. The molecule has 1 aromatic heterocycles. The molecule has 3 heteroatoms. The molecule has 63 heavy (non-hydrogen) atoms. The van der Waals surface area contributed by atoms with Crippen LogP contribution in [0.3, 0.4) is 0 Å². The van der Waals surface area contributed by atoms with Crippen molar-refractivity contribution in [3.8, 4) is 22.3 Å². The minimum absolute atomic E-state index is 0.598. The monoisotopic (exact) mass is 803 g/mol. The zero-order valence-electron chi connectivity index (χ0n) is 34.8. The molecule has 10 aromatic carbocycles. The molecule has 296 valence electrons. The van der Waals surface area contributed by atoms with Gasteiger partial charge in [0.15, 0.2) is 0 Å². The van der Waals surface area contributed by atoms with Gasteiger partial charge in [0.1, 0.15) is 0 Å². The van der Waals surface area contributed by atoms with Crippen LogP contribution in [0.25, 0.3) is 54.8 Å². The summed E-state index contributed by atoms with van der Waals surface area (Å²) >= 11 is 0. The molecular formula is C60H41N3. The van der Waals surface area contributed by atoms with E-state index in [1.165, 1.54) is 77.1 Å². The largest absolute Gasteiger partial charge is 0.344 e. The van der Waals surface area contributed by atoms with Crippen molar-refractivity contribution in [3.05, 3.63) is 253 Å². The van der Waals surface area contributed by atoms with E-state index in [1.807, 2.05) is 0 Å². The number of aromatic nitrogens is 1. The van der Waals surface area contributed by atoms with Crippen molar-refractivity contribution >= 4 is 66.7 Å². The van der Waals surface area contributed by atoms with Crippen molar-refractivity contribution in [2.75, 3.05) is 9.80 Å². The first kappa shape index (κ1) is 35.6. The molecule has 2 aliphatic carbocycles. The summed E-state index contributed by atoms with van der Waals surface area (Å²) in [5, 5.41) is 4.95. The number of fused-ring (bicyclic) bond motifs is 15. The Kier molecular flexibility index (Phi) is 7.73. The van der Waals surface area contributed by atoms with Crippen LogP contribution in [0.4, 0.5) is 34.1 Å². The van der Waals surface area contributed by atoms with E-state index in [9.17, 15) is 0 Å². The Morgan fingerprint density at radius 3 is 1.48 bits per heavy atom. The number of rotatable bonds is 6. The standard InChI is InChI=1S/C60H41N3/c1-61-54-33-18-15-30-49(54)59-55(61)34-19-35-56(59)63(42-24-9-4-10-25-42)43-36-37-48-52(38-43)60(50-31-16-13-26-44(50)45-27-14-17-32-51(45)60)53-39-57(46-28-11-12-29-47(46)58(48)53)62(40-20-5-2-6-21-40)41-22-7-3-8-23-41/h2-39H,1H3. The third kappa shape index (κ3) is 4.96. The highest BCUT2D eigenvalue weighted by Crippen LogP contribution is 2.65. The first-order chi connectivity index (χ1) is 31.2. The van der Waals surface area contributed by atoms with Gasteiger partial charge in [0, 0.05) is 51.5 Å². The van der Waals surface area contributed by atoms with Gasteiger partial charge in [-0.25, -0.2) is 0 Å². The summed E-state index contributed by atoms with van der Waals surface area (Å²) in [4.78, 5) is 4.92. The minimum Gasteiger partial charge on any atom is -0.344 e. The van der Waals surface area contributed by atoms with E-state index in [0.29, 0.717) is 0 Å². The maximum Gasteiger partial charge on any atom is 0.0727 e. The normalized spacial score (nSPS) is 13.0. The van der Waals surface area contributed by atoms with E-state index in [-0.39, 0.29) is 0 Å². The minimum atomic E-state index is -0.598. The molecule has 0 bridgehead atoms. The molecule has 1 heterocycles. The van der Waals surface area contributed by atoms with Crippen LogP contribution in [0.1, 0.15) is 22.3 Å². The third-order valence-electron chi connectivity index (χ3n) is 13.8. The molecule has 0 amide bonds. The molecule has 0 fully saturated rings. The summed E-state index contributed by atoms with van der Waals surface area (Å²) in [6.45, 7) is 0. The predicted octanol–water partition coefficient (Wildman–Crippen LogP) is 15.8. The Morgan fingerprint density at radius 1 is 0.333 bits per heavy atom. The molecule has 0 radical (unpaired) electrons. The van der Waals surface area contributed by atoms with Crippen LogP contribution in [0.15, 0.2) is 231 Å². The van der Waals surface area contributed by atoms with E-state index in [2.05, 4.69) is 252 Å². The van der Waals surface area contributed by atoms with Crippen LogP contribution < -0.4 is 9.80 Å². The molecule has 0 atom stereocenters. The Bertz CT molecular complexity index is 3500. The lowest BCUT2D eigenvalue weighted by Gasteiger charge is -2.34. The van der Waals surface area contributed by atoms with Gasteiger partial charge in [-0.15, -0.1) is 0 Å². The summed E-state index contributed by atoms with van der Waals surface area (Å²) < 4.78 is 2.33. The molecule has 1 spiro atoms. The van der Waals surface area contributed by atoms with Crippen molar-refractivity contribution in [3.63, 3.8) is 0 Å². The van der Waals surface area contributed by atoms with Crippen molar-refractivity contribution < 1.29 is 0 Å². The smallest absolute Gasteiger partial charge is 0.0727 e. The van der Waals surface area contributed by atoms with Crippen LogP contribution in [0.5, 0.6) is 0 Å². The highest BCUT2D eigenvalue weighted by Gasteiger charge is 2.52. The second kappa shape index (κ2) is 13.7. The van der Waals surface area contributed by atoms with Gasteiger partial charge in [0.05, 0.1) is 22.3 Å². The number of benzene rings is 10. The number of para-hydroxylation sites is 4. The maximum atomic E-state index is 2.53. The topological polar surface area (TPSA) is 11.4 Å². The molecule has 0 saturated heterocycles. The summed E-state index contributed by atoms with van der Waals surface area (Å²) in [6, 6.07) is 85.2. The maximum absolute atomic E-state index is 2.53. The third-order valence-corrected chi connectivity index (χ3v) is 13.8. The first-order valence-electron chi connectivity index (χ1n) is 21.8. The van der Waals surface area contributed by atoms with Crippen LogP contribution >= 0.6 is 0 Å². The first-order valence-corrected chi connectivity index (χ1v) is 21.8. The Balaban J connectivity index is 1.15. The van der Waals surface area contributed by atoms with Gasteiger partial charge in [0.2, 0.25) is 0 Å². The van der Waals surface area contributed by atoms with Crippen LogP contribution in [-0.4, -0.2) is 4.57 Å². The average Bonchev–Trinajstić information content (AvgIpc) is 3.94. The van der Waals surface area contributed by atoms with Gasteiger partial charge >= 0.3 is 0 Å². The Labute approximate surface area is 367 Å². The van der Waals surface area contributed by atoms with Gasteiger partial charge in [-0.2, -0.15) is 0 Å². The summed E-state index contributed by atoms with van der Waals surface area (Å²) in [5.41, 5.74) is 19.0. The summed E-state index contributed by atoms with van der Waals surface area (Å²) in [7, 11) is 2.18. The lowest BCUT2D eigenvalue weighted by atomic mass is 9.70. The SMILES string of the molecule is Cn1c2ccccc2c2c(N(c3ccccc3)c3ccc4c(c3)C3(c5ccccc5-c5ccccc53)c3cc(N(c5ccccc5)c5ccccc5)c5ccccc5c3-4)cccc21. The molecule has 3 nitrogen and oxygen atoms in total. The summed E-state index contributed by atoms with van der Waals surface area (Å²) in [6.07, 6.45) is 0. The van der Waals surface area contributed by atoms with Gasteiger partial charge in [0.25, 0.3) is 0 Å². The highest BCUT2D eigenvalue weighted by atomic mass is 15.2. The lowest BCUT2D eigenvalue weighted by molar-refractivity contribution is 0.794. The number of hydrogen-bond acceptors (Lipinski definition) is 2. The Morgan fingerprint density at radius 2 is 0.841 bits per heavy atom. The summed E-state index contributed by atoms with van der Waals surface area (Å²) in [5.74, 6) is 0. The Hall–Kier alpha value is -8.14. The van der Waals surface area contributed by atoms with E-state index < -0.39 is 5.41 Å². The van der Waals surface area contributed by atoms with Crippen molar-refractivity contribution in [2.24, 2.45) is 7.05 Å². The van der Waals surface area contributed by atoms with E-state index in [4.69, 9.17) is 0 Å². The second-order valence-electron chi connectivity index (χ2n) is 16.9. The van der Waals surface area contributed by atoms with E-state index in [1.54, 1.807) is 0 Å². The fourth-order valence-corrected chi connectivity index (χ4v) is 11.3. The number of aryl methyl sites for hydroxylation is 1. The quantitative estimate of drug-likeness (QED) is 0.166. The molecule has 0 unspecified atom stereocenters. The predicted molar refractivity (Wildman–Crippen MR) is 264 cm³/mol. The molecule has 0 N–H and O–H groups in total. The van der Waals surface area contributed by atoms with Gasteiger partial charge in [-0.1, -0.05) is 158 Å². The van der Waals surface area contributed by atoms with Crippen LogP contribution in [0, 0.1) is 0 Å². The number of anilines is 6. The van der Waals surface area contributed by atoms with Crippen LogP contribution in [-0.2, 0) is 12.5 Å². The molecule has 2 aliphatic rings. The van der Waals surface area contributed by atoms with Crippen LogP contribution in [0.2, 0.25) is 0 Å². The van der Waals surface area contributed by atoms with E-state index in [0.717, 1.165) is 34.1 Å². The highest BCUT2D eigenvalue weighted by molar-refractivity contribution is 6.16. The molecule has 0 aliphatic heterocycles. The fraction of sp³-hybridized carbons (Fsp3) is 0.0333. The molecule has 13 rings (SSSR count). The fourth-order valence-electron chi connectivity index (χ4n) is 11.3. The molecule has 0 saturated carbocycles. The zero-order chi connectivity index (χ0) is 41.6. The second-order valence-corrected chi connectivity index (χ2v) is 16.9. The van der Waals surface area contributed by atoms with Gasteiger partial charge in [-0.3, -0.25) is 0 Å².